The highest BCUT2D eigenvalue weighted by Gasteiger charge is 2.03. The highest BCUT2D eigenvalue weighted by atomic mass is 16.3. The van der Waals surface area contributed by atoms with Crippen LogP contribution >= 0.6 is 0 Å². The Balaban J connectivity index is 2.88. The van der Waals surface area contributed by atoms with Crippen LogP contribution in [0.4, 0.5) is 0 Å². The molecule has 2 rings (SSSR count). The molecule has 3 nitrogen and oxygen atoms in total. The Morgan fingerprint density at radius 1 is 1.42 bits per heavy atom. The molecule has 0 radical (unpaired) electrons. The second-order valence-electron chi connectivity index (χ2n) is 2.89. The molecule has 0 saturated heterocycles. The highest BCUT2D eigenvalue weighted by Crippen LogP contribution is 2.19. The molecule has 0 fully saturated rings. The molecule has 0 amide bonds. The molecule has 1 heterocycles. The van der Waals surface area contributed by atoms with E-state index in [1.807, 2.05) is 24.6 Å². The summed E-state index contributed by atoms with van der Waals surface area (Å²) in [5.41, 5.74) is 1.89. The maximum absolute atomic E-state index is 9.22. The van der Waals surface area contributed by atoms with Crippen molar-refractivity contribution in [2.75, 3.05) is 0 Å². The number of aromatic nitrogens is 2. The summed E-state index contributed by atoms with van der Waals surface area (Å²) in [6.07, 6.45) is 0. The molecular formula is C9H10N2O. The maximum atomic E-state index is 9.22. The summed E-state index contributed by atoms with van der Waals surface area (Å²) in [4.78, 5) is 4.31. The van der Waals surface area contributed by atoms with Crippen LogP contribution in [-0.2, 0) is 7.05 Å². The molecule has 1 aromatic heterocycles. The lowest BCUT2D eigenvalue weighted by molar-refractivity contribution is 0.476. The van der Waals surface area contributed by atoms with Gasteiger partial charge < -0.3 is 9.67 Å². The number of hydrogen-bond donors (Lipinski definition) is 1. The zero-order valence-electron chi connectivity index (χ0n) is 7.07. The molecule has 1 aromatic carbocycles. The van der Waals surface area contributed by atoms with Crippen LogP contribution in [0.3, 0.4) is 0 Å². The Kier molecular flexibility index (Phi) is 1.33. The molecule has 0 bridgehead atoms. The van der Waals surface area contributed by atoms with Gasteiger partial charge >= 0.3 is 0 Å². The Hall–Kier alpha value is -1.51. The van der Waals surface area contributed by atoms with Gasteiger partial charge in [0, 0.05) is 13.1 Å². The average molecular weight is 162 g/mol. The van der Waals surface area contributed by atoms with Gasteiger partial charge in [0.1, 0.15) is 11.6 Å². The molecule has 62 valence electrons. The minimum absolute atomic E-state index is 0.283. The van der Waals surface area contributed by atoms with E-state index in [4.69, 9.17) is 0 Å². The normalized spacial score (nSPS) is 10.8. The summed E-state index contributed by atoms with van der Waals surface area (Å²) in [7, 11) is 1.93. The number of imidazole rings is 1. The van der Waals surface area contributed by atoms with E-state index in [-0.39, 0.29) is 5.75 Å². The van der Waals surface area contributed by atoms with Gasteiger partial charge in [-0.25, -0.2) is 4.98 Å². The fourth-order valence-corrected chi connectivity index (χ4v) is 1.30. The summed E-state index contributed by atoms with van der Waals surface area (Å²) in [6.45, 7) is 1.94. The fourth-order valence-electron chi connectivity index (χ4n) is 1.30. The van der Waals surface area contributed by atoms with Crippen LogP contribution in [0.1, 0.15) is 5.82 Å². The van der Waals surface area contributed by atoms with Crippen molar-refractivity contribution in [2.24, 2.45) is 7.05 Å². The molecule has 0 aliphatic rings. The quantitative estimate of drug-likeness (QED) is 0.638. The van der Waals surface area contributed by atoms with Crippen LogP contribution in [0.15, 0.2) is 18.2 Å². The first-order chi connectivity index (χ1) is 5.68. The Morgan fingerprint density at radius 3 is 2.92 bits per heavy atom. The number of rotatable bonds is 0. The van der Waals surface area contributed by atoms with Gasteiger partial charge in [0.25, 0.3) is 0 Å². The van der Waals surface area contributed by atoms with Gasteiger partial charge in [-0.05, 0) is 19.1 Å². The molecule has 0 aliphatic heterocycles. The SMILES string of the molecule is Cc1nc2ccc(O)cc2n1C. The largest absolute Gasteiger partial charge is 0.508 e. The molecule has 0 spiro atoms. The average Bonchev–Trinajstić information content (AvgIpc) is 2.31. The van der Waals surface area contributed by atoms with Gasteiger partial charge in [0.15, 0.2) is 0 Å². The topological polar surface area (TPSA) is 38.1 Å². The van der Waals surface area contributed by atoms with Crippen molar-refractivity contribution in [1.82, 2.24) is 9.55 Å². The predicted molar refractivity (Wildman–Crippen MR) is 47.1 cm³/mol. The van der Waals surface area contributed by atoms with E-state index < -0.39 is 0 Å². The van der Waals surface area contributed by atoms with Crippen molar-refractivity contribution in [1.29, 1.82) is 0 Å². The van der Waals surface area contributed by atoms with E-state index >= 15 is 0 Å². The zero-order valence-corrected chi connectivity index (χ0v) is 7.07. The molecule has 0 unspecified atom stereocenters. The van der Waals surface area contributed by atoms with Gasteiger partial charge in [-0.3, -0.25) is 0 Å². The summed E-state index contributed by atoms with van der Waals surface area (Å²) in [6, 6.07) is 5.18. The first kappa shape index (κ1) is 7.16. The molecular weight excluding hydrogens is 152 g/mol. The van der Waals surface area contributed by atoms with Crippen molar-refractivity contribution in [3.63, 3.8) is 0 Å². The zero-order chi connectivity index (χ0) is 8.72. The third kappa shape index (κ3) is 0.863. The standard InChI is InChI=1S/C9H10N2O/c1-6-10-8-4-3-7(12)5-9(8)11(6)2/h3-5,12H,1-2H3. The summed E-state index contributed by atoms with van der Waals surface area (Å²) in [5, 5.41) is 9.22. The first-order valence-electron chi connectivity index (χ1n) is 3.80. The summed E-state index contributed by atoms with van der Waals surface area (Å²) < 4.78 is 1.95. The molecule has 0 aliphatic carbocycles. The smallest absolute Gasteiger partial charge is 0.117 e. The monoisotopic (exact) mass is 162 g/mol. The van der Waals surface area contributed by atoms with Crippen molar-refractivity contribution in [3.05, 3.63) is 24.0 Å². The van der Waals surface area contributed by atoms with Crippen LogP contribution in [0.25, 0.3) is 11.0 Å². The van der Waals surface area contributed by atoms with E-state index in [9.17, 15) is 5.11 Å². The van der Waals surface area contributed by atoms with Gasteiger partial charge in [0.2, 0.25) is 0 Å². The molecule has 1 N–H and O–H groups in total. The Morgan fingerprint density at radius 2 is 2.17 bits per heavy atom. The lowest BCUT2D eigenvalue weighted by Crippen LogP contribution is -1.89. The third-order valence-corrected chi connectivity index (χ3v) is 2.09. The van der Waals surface area contributed by atoms with Crippen molar-refractivity contribution in [2.45, 2.75) is 6.92 Å². The number of aromatic hydroxyl groups is 1. The second-order valence-corrected chi connectivity index (χ2v) is 2.89. The minimum atomic E-state index is 0.283. The van der Waals surface area contributed by atoms with Gasteiger partial charge in [-0.15, -0.1) is 0 Å². The van der Waals surface area contributed by atoms with Crippen LogP contribution < -0.4 is 0 Å². The number of aryl methyl sites for hydroxylation is 2. The lowest BCUT2D eigenvalue weighted by Gasteiger charge is -1.95. The summed E-state index contributed by atoms with van der Waals surface area (Å²) >= 11 is 0. The number of nitrogens with zero attached hydrogens (tertiary/aromatic N) is 2. The predicted octanol–water partition coefficient (Wildman–Crippen LogP) is 1.59. The molecule has 0 atom stereocenters. The van der Waals surface area contributed by atoms with Crippen LogP contribution in [0, 0.1) is 6.92 Å². The van der Waals surface area contributed by atoms with Gasteiger partial charge in [-0.2, -0.15) is 0 Å². The van der Waals surface area contributed by atoms with E-state index in [1.165, 1.54) is 0 Å². The van der Waals surface area contributed by atoms with Crippen LogP contribution in [0.2, 0.25) is 0 Å². The number of hydrogen-bond acceptors (Lipinski definition) is 2. The second kappa shape index (κ2) is 2.24. The van der Waals surface area contributed by atoms with Crippen molar-refractivity contribution >= 4 is 11.0 Å². The van der Waals surface area contributed by atoms with E-state index in [0.717, 1.165) is 16.9 Å². The number of phenols is 1. The van der Waals surface area contributed by atoms with E-state index in [2.05, 4.69) is 4.98 Å². The van der Waals surface area contributed by atoms with E-state index in [0.29, 0.717) is 0 Å². The maximum Gasteiger partial charge on any atom is 0.117 e. The minimum Gasteiger partial charge on any atom is -0.508 e. The summed E-state index contributed by atoms with van der Waals surface area (Å²) in [5.74, 6) is 1.24. The Bertz CT molecular complexity index is 431. The molecule has 3 heteroatoms. The highest BCUT2D eigenvalue weighted by molar-refractivity contribution is 5.77. The third-order valence-electron chi connectivity index (χ3n) is 2.09. The number of fused-ring (bicyclic) bond motifs is 1. The van der Waals surface area contributed by atoms with Gasteiger partial charge in [-0.1, -0.05) is 0 Å². The number of benzene rings is 1. The first-order valence-corrected chi connectivity index (χ1v) is 3.80. The van der Waals surface area contributed by atoms with Crippen molar-refractivity contribution < 1.29 is 5.11 Å². The molecule has 0 saturated carbocycles. The van der Waals surface area contributed by atoms with Crippen LogP contribution in [0.5, 0.6) is 5.75 Å². The lowest BCUT2D eigenvalue weighted by atomic mass is 10.3. The van der Waals surface area contributed by atoms with Crippen molar-refractivity contribution in [3.8, 4) is 5.75 Å². The molecule has 2 aromatic rings. The van der Waals surface area contributed by atoms with Gasteiger partial charge in [0.05, 0.1) is 11.0 Å². The molecule has 12 heavy (non-hydrogen) atoms. The van der Waals surface area contributed by atoms with E-state index in [1.54, 1.807) is 12.1 Å². The Labute approximate surface area is 70.3 Å². The number of phenolic OH excluding ortho intramolecular Hbond substituents is 1. The van der Waals surface area contributed by atoms with Crippen LogP contribution in [-0.4, -0.2) is 14.7 Å². The fraction of sp³-hybridized carbons (Fsp3) is 0.222.